The first-order valence-electron chi connectivity index (χ1n) is 13.3. The molecule has 1 aromatic carbocycles. The number of rotatable bonds is 9. The largest absolute Gasteiger partial charge is 0.469 e. The Morgan fingerprint density at radius 3 is 2.42 bits per heavy atom. The Bertz CT molecular complexity index is 1040. The number of likely N-dealkylation sites (tertiary alicyclic amines) is 2. The van der Waals surface area contributed by atoms with Crippen molar-refractivity contribution in [1.29, 1.82) is 0 Å². The van der Waals surface area contributed by atoms with Gasteiger partial charge in [0.15, 0.2) is 0 Å². The first-order valence-corrected chi connectivity index (χ1v) is 13.3. The van der Waals surface area contributed by atoms with Crippen LogP contribution in [0.1, 0.15) is 43.4 Å². The normalized spacial score (nSPS) is 23.4. The number of aryl methyl sites for hydroxylation is 1. The number of imide groups is 1. The lowest BCUT2D eigenvalue weighted by atomic mass is 9.74. The SMILES string of the molecule is O=C(CCc1ccco1)N1CCC(C2(Cc3ccccc3)NC(=O)N(CCN3CCCC3)C2=O)CC1. The van der Waals surface area contributed by atoms with E-state index in [1.807, 2.05) is 47.4 Å². The number of carbonyl (C=O) groups is 3. The molecule has 3 aliphatic heterocycles. The quantitative estimate of drug-likeness (QED) is 0.544. The van der Waals surface area contributed by atoms with Crippen LogP contribution in [0.15, 0.2) is 53.1 Å². The first-order chi connectivity index (χ1) is 17.5. The maximum Gasteiger partial charge on any atom is 0.325 e. The van der Waals surface area contributed by atoms with Crippen molar-refractivity contribution in [2.24, 2.45) is 5.92 Å². The molecule has 0 aliphatic carbocycles. The summed E-state index contributed by atoms with van der Waals surface area (Å²) in [5.41, 5.74) is 0.0664. The Balaban J connectivity index is 1.27. The summed E-state index contributed by atoms with van der Waals surface area (Å²) < 4.78 is 5.35. The lowest BCUT2D eigenvalue weighted by Gasteiger charge is -2.41. The van der Waals surface area contributed by atoms with Crippen LogP contribution in [-0.4, -0.2) is 77.4 Å². The maximum atomic E-state index is 13.9. The second kappa shape index (κ2) is 10.9. The second-order valence-electron chi connectivity index (χ2n) is 10.3. The monoisotopic (exact) mass is 492 g/mol. The van der Waals surface area contributed by atoms with Crippen molar-refractivity contribution in [2.75, 3.05) is 39.3 Å². The zero-order chi connectivity index (χ0) is 25.0. The van der Waals surface area contributed by atoms with Gasteiger partial charge >= 0.3 is 6.03 Å². The molecule has 1 N–H and O–H groups in total. The summed E-state index contributed by atoms with van der Waals surface area (Å²) in [6.07, 6.45) is 6.82. The highest BCUT2D eigenvalue weighted by molar-refractivity contribution is 6.07. The van der Waals surface area contributed by atoms with Crippen LogP contribution in [0.25, 0.3) is 0 Å². The maximum absolute atomic E-state index is 13.9. The molecule has 3 fully saturated rings. The van der Waals surface area contributed by atoms with Crippen LogP contribution in [0.3, 0.4) is 0 Å². The summed E-state index contributed by atoms with van der Waals surface area (Å²) in [5.74, 6) is 0.780. The van der Waals surface area contributed by atoms with E-state index in [1.54, 1.807) is 6.26 Å². The van der Waals surface area contributed by atoms with Gasteiger partial charge in [0.05, 0.1) is 6.26 Å². The highest BCUT2D eigenvalue weighted by Crippen LogP contribution is 2.36. The Labute approximate surface area is 212 Å². The van der Waals surface area contributed by atoms with Gasteiger partial charge in [-0.25, -0.2) is 4.79 Å². The molecule has 2 aromatic rings. The Kier molecular flexibility index (Phi) is 7.41. The van der Waals surface area contributed by atoms with Crippen molar-refractivity contribution in [3.05, 3.63) is 60.1 Å². The molecule has 8 heteroatoms. The molecule has 3 saturated heterocycles. The summed E-state index contributed by atoms with van der Waals surface area (Å²) in [6, 6.07) is 13.4. The fourth-order valence-corrected chi connectivity index (χ4v) is 6.02. The van der Waals surface area contributed by atoms with Gasteiger partial charge in [0.2, 0.25) is 5.91 Å². The first kappa shape index (κ1) is 24.6. The minimum absolute atomic E-state index is 0.0277. The van der Waals surface area contributed by atoms with E-state index in [1.165, 1.54) is 17.7 Å². The predicted molar refractivity (Wildman–Crippen MR) is 135 cm³/mol. The third-order valence-electron chi connectivity index (χ3n) is 8.08. The van der Waals surface area contributed by atoms with E-state index in [-0.39, 0.29) is 23.8 Å². The standard InChI is InChI=1S/C28H36N4O4/c33-25(11-10-24-9-6-20-36-24)31-16-12-23(13-17-31)28(21-22-7-2-1-3-8-22)26(34)32(27(35)29-28)19-18-30-14-4-5-15-30/h1-3,6-9,20,23H,4-5,10-19,21H2,(H,29,35). The number of hydrogen-bond acceptors (Lipinski definition) is 5. The molecule has 5 rings (SSSR count). The van der Waals surface area contributed by atoms with Gasteiger partial charge in [0, 0.05) is 45.4 Å². The number of amides is 4. The molecule has 0 bridgehead atoms. The summed E-state index contributed by atoms with van der Waals surface area (Å²) >= 11 is 0. The highest BCUT2D eigenvalue weighted by Gasteiger charge is 2.55. The van der Waals surface area contributed by atoms with E-state index in [2.05, 4.69) is 10.2 Å². The van der Waals surface area contributed by atoms with E-state index in [4.69, 9.17) is 4.42 Å². The molecule has 36 heavy (non-hydrogen) atoms. The fourth-order valence-electron chi connectivity index (χ4n) is 6.02. The molecule has 1 unspecified atom stereocenters. The van der Waals surface area contributed by atoms with E-state index in [0.717, 1.165) is 31.0 Å². The van der Waals surface area contributed by atoms with Crippen molar-refractivity contribution in [3.63, 3.8) is 0 Å². The minimum Gasteiger partial charge on any atom is -0.469 e. The number of piperidine rings is 1. The smallest absolute Gasteiger partial charge is 0.325 e. The van der Waals surface area contributed by atoms with Crippen molar-refractivity contribution in [1.82, 2.24) is 20.0 Å². The van der Waals surface area contributed by atoms with Gasteiger partial charge in [0.25, 0.3) is 5.91 Å². The lowest BCUT2D eigenvalue weighted by Crippen LogP contribution is -2.58. The van der Waals surface area contributed by atoms with Crippen molar-refractivity contribution in [3.8, 4) is 0 Å². The average molecular weight is 493 g/mol. The van der Waals surface area contributed by atoms with Gasteiger partial charge in [-0.1, -0.05) is 30.3 Å². The number of nitrogens with zero attached hydrogens (tertiary/aromatic N) is 3. The Morgan fingerprint density at radius 2 is 1.72 bits per heavy atom. The zero-order valence-electron chi connectivity index (χ0n) is 20.9. The van der Waals surface area contributed by atoms with E-state index in [9.17, 15) is 14.4 Å². The van der Waals surface area contributed by atoms with Crippen LogP contribution in [0.2, 0.25) is 0 Å². The van der Waals surface area contributed by atoms with Crippen molar-refractivity contribution < 1.29 is 18.8 Å². The molecule has 0 spiro atoms. The minimum atomic E-state index is -0.966. The summed E-state index contributed by atoms with van der Waals surface area (Å²) in [4.78, 5) is 45.5. The number of hydrogen-bond donors (Lipinski definition) is 1. The summed E-state index contributed by atoms with van der Waals surface area (Å²) in [5, 5.41) is 3.15. The number of carbonyl (C=O) groups excluding carboxylic acids is 3. The van der Waals surface area contributed by atoms with Crippen LogP contribution in [0.5, 0.6) is 0 Å². The molecule has 3 aliphatic rings. The Hall–Kier alpha value is -3.13. The number of furan rings is 1. The van der Waals surface area contributed by atoms with E-state index < -0.39 is 5.54 Å². The lowest BCUT2D eigenvalue weighted by molar-refractivity contribution is -0.136. The number of benzene rings is 1. The fraction of sp³-hybridized carbons (Fsp3) is 0.536. The zero-order valence-corrected chi connectivity index (χ0v) is 20.9. The molecule has 0 radical (unpaired) electrons. The highest BCUT2D eigenvalue weighted by atomic mass is 16.3. The van der Waals surface area contributed by atoms with Crippen molar-refractivity contribution >= 4 is 17.8 Å². The summed E-state index contributed by atoms with van der Waals surface area (Å²) in [7, 11) is 0. The van der Waals surface area contributed by atoms with Gasteiger partial charge in [0.1, 0.15) is 11.3 Å². The summed E-state index contributed by atoms with van der Waals surface area (Å²) in [6.45, 7) is 4.40. The molecule has 4 heterocycles. The Morgan fingerprint density at radius 1 is 0.972 bits per heavy atom. The molecule has 192 valence electrons. The molecular formula is C28H36N4O4. The molecule has 1 aromatic heterocycles. The van der Waals surface area contributed by atoms with Crippen LogP contribution in [-0.2, 0) is 22.4 Å². The molecular weight excluding hydrogens is 456 g/mol. The van der Waals surface area contributed by atoms with Crippen LogP contribution < -0.4 is 5.32 Å². The van der Waals surface area contributed by atoms with Gasteiger partial charge in [-0.3, -0.25) is 14.5 Å². The number of urea groups is 1. The predicted octanol–water partition coefficient (Wildman–Crippen LogP) is 3.08. The van der Waals surface area contributed by atoms with Crippen molar-refractivity contribution in [2.45, 2.75) is 50.5 Å². The molecule has 0 saturated carbocycles. The van der Waals surface area contributed by atoms with Gasteiger partial charge < -0.3 is 19.5 Å². The van der Waals surface area contributed by atoms with Crippen LogP contribution in [0.4, 0.5) is 4.79 Å². The van der Waals surface area contributed by atoms with Gasteiger partial charge in [-0.2, -0.15) is 0 Å². The molecule has 8 nitrogen and oxygen atoms in total. The van der Waals surface area contributed by atoms with Crippen LogP contribution >= 0.6 is 0 Å². The second-order valence-corrected chi connectivity index (χ2v) is 10.3. The molecule has 1 atom stereocenters. The third kappa shape index (κ3) is 5.19. The van der Waals surface area contributed by atoms with E-state index >= 15 is 0 Å². The third-order valence-corrected chi connectivity index (χ3v) is 8.08. The van der Waals surface area contributed by atoms with Gasteiger partial charge in [-0.05, 0) is 62.4 Å². The van der Waals surface area contributed by atoms with Crippen LogP contribution in [0, 0.1) is 5.92 Å². The topological polar surface area (TPSA) is 86.1 Å². The average Bonchev–Trinajstić information content (AvgIpc) is 3.66. The van der Waals surface area contributed by atoms with E-state index in [0.29, 0.717) is 51.7 Å². The van der Waals surface area contributed by atoms with Gasteiger partial charge in [-0.15, -0.1) is 0 Å². The number of nitrogens with one attached hydrogen (secondary N) is 1. The molecule has 4 amide bonds.